The molecule has 19 heavy (non-hydrogen) atoms. The first-order chi connectivity index (χ1) is 9.15. The second-order valence-corrected chi connectivity index (χ2v) is 6.09. The van der Waals surface area contributed by atoms with Gasteiger partial charge in [-0.05, 0) is 45.8 Å². The monoisotopic (exact) mass is 406 g/mol. The number of ether oxygens (including phenoxy) is 2. The number of hydrogen-bond acceptors (Lipinski definition) is 3. The SMILES string of the molecule is ClC(c1ccc(Br)o1)c1cc2c(cc1Br)OCCO2. The van der Waals surface area contributed by atoms with E-state index in [0.29, 0.717) is 29.4 Å². The lowest BCUT2D eigenvalue weighted by atomic mass is 10.1. The molecule has 1 atom stereocenters. The average Bonchev–Trinajstić information content (AvgIpc) is 2.84. The van der Waals surface area contributed by atoms with Crippen LogP contribution in [-0.4, -0.2) is 13.2 Å². The van der Waals surface area contributed by atoms with E-state index >= 15 is 0 Å². The minimum Gasteiger partial charge on any atom is -0.486 e. The van der Waals surface area contributed by atoms with Gasteiger partial charge < -0.3 is 13.9 Å². The maximum absolute atomic E-state index is 6.45. The lowest BCUT2D eigenvalue weighted by Crippen LogP contribution is -2.15. The molecule has 1 aromatic heterocycles. The highest BCUT2D eigenvalue weighted by Crippen LogP contribution is 2.42. The van der Waals surface area contributed by atoms with Crippen LogP contribution in [0.25, 0.3) is 0 Å². The maximum Gasteiger partial charge on any atom is 0.169 e. The zero-order valence-corrected chi connectivity index (χ0v) is 13.6. The molecular weight excluding hydrogens is 399 g/mol. The van der Waals surface area contributed by atoms with Gasteiger partial charge in [-0.2, -0.15) is 0 Å². The minimum absolute atomic E-state index is 0.392. The van der Waals surface area contributed by atoms with Crippen molar-refractivity contribution in [2.75, 3.05) is 13.2 Å². The van der Waals surface area contributed by atoms with Crippen LogP contribution in [-0.2, 0) is 0 Å². The van der Waals surface area contributed by atoms with E-state index in [4.69, 9.17) is 25.5 Å². The van der Waals surface area contributed by atoms with Crippen LogP contribution in [0.5, 0.6) is 11.5 Å². The summed E-state index contributed by atoms with van der Waals surface area (Å²) in [6.07, 6.45) is 0. The Balaban J connectivity index is 2.00. The minimum atomic E-state index is -0.392. The maximum atomic E-state index is 6.45. The first-order valence-electron chi connectivity index (χ1n) is 5.63. The number of fused-ring (bicyclic) bond motifs is 1. The quantitative estimate of drug-likeness (QED) is 0.662. The molecule has 0 saturated heterocycles. The molecule has 1 aliphatic rings. The first kappa shape index (κ1) is 13.3. The number of alkyl halides is 1. The predicted molar refractivity (Wildman–Crippen MR) is 79.2 cm³/mol. The Morgan fingerprint density at radius 3 is 2.37 bits per heavy atom. The van der Waals surface area contributed by atoms with Crippen molar-refractivity contribution in [2.45, 2.75) is 5.38 Å². The highest BCUT2D eigenvalue weighted by atomic mass is 79.9. The average molecular weight is 408 g/mol. The molecule has 1 aliphatic heterocycles. The number of rotatable bonds is 2. The molecule has 100 valence electrons. The van der Waals surface area contributed by atoms with Gasteiger partial charge in [-0.25, -0.2) is 0 Å². The highest BCUT2D eigenvalue weighted by Gasteiger charge is 2.22. The summed E-state index contributed by atoms with van der Waals surface area (Å²) < 4.78 is 18.1. The Hall–Kier alpha value is -0.650. The van der Waals surface area contributed by atoms with Crippen molar-refractivity contribution in [1.29, 1.82) is 0 Å². The second kappa shape index (κ2) is 5.38. The normalized spacial score (nSPS) is 15.3. The predicted octanol–water partition coefficient (Wildman–Crippen LogP) is 4.90. The van der Waals surface area contributed by atoms with Crippen LogP contribution in [0.3, 0.4) is 0 Å². The zero-order valence-electron chi connectivity index (χ0n) is 9.66. The van der Waals surface area contributed by atoms with Crippen molar-refractivity contribution in [3.63, 3.8) is 0 Å². The Morgan fingerprint density at radius 1 is 1.05 bits per heavy atom. The van der Waals surface area contributed by atoms with E-state index in [1.54, 1.807) is 0 Å². The smallest absolute Gasteiger partial charge is 0.169 e. The second-order valence-electron chi connectivity index (χ2n) is 4.02. The molecule has 3 nitrogen and oxygen atoms in total. The van der Waals surface area contributed by atoms with E-state index in [2.05, 4.69) is 31.9 Å². The molecule has 1 unspecified atom stereocenters. The Labute approximate surface area is 132 Å². The molecule has 2 heterocycles. The van der Waals surface area contributed by atoms with Crippen molar-refractivity contribution >= 4 is 43.5 Å². The third-order valence-corrected chi connectivity index (χ3v) is 4.34. The standard InChI is InChI=1S/C13H9Br2ClO3/c14-8-6-11-10(17-3-4-18-11)5-7(8)13(16)9-1-2-12(15)19-9/h1-2,5-6,13H,3-4H2. The number of halogens is 3. The summed E-state index contributed by atoms with van der Waals surface area (Å²) in [6, 6.07) is 7.41. The van der Waals surface area contributed by atoms with Gasteiger partial charge in [0.15, 0.2) is 16.2 Å². The van der Waals surface area contributed by atoms with Crippen LogP contribution in [0.1, 0.15) is 16.7 Å². The van der Waals surface area contributed by atoms with Gasteiger partial charge in [-0.15, -0.1) is 11.6 Å². The summed E-state index contributed by atoms with van der Waals surface area (Å²) in [4.78, 5) is 0. The van der Waals surface area contributed by atoms with Crippen molar-refractivity contribution in [3.05, 3.63) is 44.7 Å². The third-order valence-electron chi connectivity index (χ3n) is 2.78. The number of furan rings is 1. The molecule has 0 radical (unpaired) electrons. The molecule has 0 fully saturated rings. The van der Waals surface area contributed by atoms with E-state index in [0.717, 1.165) is 15.8 Å². The Morgan fingerprint density at radius 2 is 1.74 bits per heavy atom. The number of hydrogen-bond donors (Lipinski definition) is 0. The zero-order chi connectivity index (χ0) is 13.4. The lowest BCUT2D eigenvalue weighted by molar-refractivity contribution is 0.171. The first-order valence-corrected chi connectivity index (χ1v) is 7.66. The molecule has 0 spiro atoms. The summed E-state index contributed by atoms with van der Waals surface area (Å²) in [5.74, 6) is 2.11. The fourth-order valence-electron chi connectivity index (χ4n) is 1.89. The molecule has 0 amide bonds. The van der Waals surface area contributed by atoms with Crippen LogP contribution >= 0.6 is 43.5 Å². The molecule has 1 aromatic carbocycles. The summed E-state index contributed by atoms with van der Waals surface area (Å²) in [5, 5.41) is -0.392. The van der Waals surface area contributed by atoms with E-state index in [-0.39, 0.29) is 0 Å². The van der Waals surface area contributed by atoms with E-state index < -0.39 is 5.38 Å². The molecule has 0 bridgehead atoms. The fraction of sp³-hybridized carbons (Fsp3) is 0.231. The molecule has 6 heteroatoms. The van der Waals surface area contributed by atoms with Crippen molar-refractivity contribution in [2.24, 2.45) is 0 Å². The third kappa shape index (κ3) is 2.64. The molecule has 3 rings (SSSR count). The molecule has 0 saturated carbocycles. The highest BCUT2D eigenvalue weighted by molar-refractivity contribution is 9.10. The lowest BCUT2D eigenvalue weighted by Gasteiger charge is -2.20. The largest absolute Gasteiger partial charge is 0.486 e. The van der Waals surface area contributed by atoms with E-state index in [9.17, 15) is 0 Å². The van der Waals surface area contributed by atoms with Crippen LogP contribution in [0.15, 0.2) is 37.8 Å². The van der Waals surface area contributed by atoms with Crippen molar-refractivity contribution in [1.82, 2.24) is 0 Å². The van der Waals surface area contributed by atoms with Gasteiger partial charge in [0.1, 0.15) is 24.4 Å². The summed E-state index contributed by atoms with van der Waals surface area (Å²) >= 11 is 13.2. The van der Waals surface area contributed by atoms with Gasteiger partial charge in [0.25, 0.3) is 0 Å². The van der Waals surface area contributed by atoms with Crippen LogP contribution in [0.4, 0.5) is 0 Å². The van der Waals surface area contributed by atoms with Gasteiger partial charge in [0.05, 0.1) is 0 Å². The Bertz CT molecular complexity index is 612. The Kier molecular flexibility index (Phi) is 3.78. The van der Waals surface area contributed by atoms with Gasteiger partial charge in [0, 0.05) is 4.47 Å². The van der Waals surface area contributed by atoms with Crippen LogP contribution < -0.4 is 9.47 Å². The van der Waals surface area contributed by atoms with E-state index in [1.165, 1.54) is 0 Å². The van der Waals surface area contributed by atoms with Crippen molar-refractivity contribution < 1.29 is 13.9 Å². The van der Waals surface area contributed by atoms with E-state index in [1.807, 2.05) is 24.3 Å². The van der Waals surface area contributed by atoms with Crippen LogP contribution in [0, 0.1) is 0 Å². The van der Waals surface area contributed by atoms with Crippen LogP contribution in [0.2, 0.25) is 0 Å². The van der Waals surface area contributed by atoms with Gasteiger partial charge >= 0.3 is 0 Å². The summed E-state index contributed by atoms with van der Waals surface area (Å²) in [5.41, 5.74) is 0.882. The molecule has 2 aromatic rings. The molecule has 0 N–H and O–H groups in total. The molecule has 0 aliphatic carbocycles. The fourth-order valence-corrected chi connectivity index (χ4v) is 3.19. The molecular formula is C13H9Br2ClO3. The summed E-state index contributed by atoms with van der Waals surface area (Å²) in [7, 11) is 0. The number of benzene rings is 1. The van der Waals surface area contributed by atoms with Crippen molar-refractivity contribution in [3.8, 4) is 11.5 Å². The van der Waals surface area contributed by atoms with Gasteiger partial charge in [-0.3, -0.25) is 0 Å². The van der Waals surface area contributed by atoms with Gasteiger partial charge in [0.2, 0.25) is 0 Å². The van der Waals surface area contributed by atoms with Gasteiger partial charge in [-0.1, -0.05) is 15.9 Å². The summed E-state index contributed by atoms with van der Waals surface area (Å²) in [6.45, 7) is 1.11. The topological polar surface area (TPSA) is 31.6 Å².